The number of carbonyl (C=O) groups is 1. The molecule has 0 spiro atoms. The summed E-state index contributed by atoms with van der Waals surface area (Å²) < 4.78 is 5.16. The van der Waals surface area contributed by atoms with E-state index in [1.54, 1.807) is 30.3 Å². The summed E-state index contributed by atoms with van der Waals surface area (Å²) in [5.74, 6) is -0.0825. The van der Waals surface area contributed by atoms with E-state index in [9.17, 15) is 14.9 Å². The van der Waals surface area contributed by atoms with Crippen molar-refractivity contribution in [2.75, 3.05) is 0 Å². The van der Waals surface area contributed by atoms with Gasteiger partial charge in [-0.05, 0) is 18.2 Å². The third kappa shape index (κ3) is 2.98. The molecule has 2 aromatic carbocycles. The van der Waals surface area contributed by atoms with E-state index in [0.717, 1.165) is 0 Å². The minimum Gasteiger partial charge on any atom is -0.426 e. The molecule has 0 saturated heterocycles. The maximum Gasteiger partial charge on any atom is 0.308 e. The van der Waals surface area contributed by atoms with Crippen LogP contribution >= 0.6 is 0 Å². The third-order valence-electron chi connectivity index (χ3n) is 3.15. The number of non-ortho nitro benzene ring substituents is 1. The van der Waals surface area contributed by atoms with E-state index in [0.29, 0.717) is 28.0 Å². The average Bonchev–Trinajstić information content (AvgIpc) is 2.53. The van der Waals surface area contributed by atoms with Crippen LogP contribution in [-0.2, 0) is 4.79 Å². The smallest absolute Gasteiger partial charge is 0.308 e. The molecule has 23 heavy (non-hydrogen) atoms. The van der Waals surface area contributed by atoms with Gasteiger partial charge in [-0.15, -0.1) is 0 Å². The van der Waals surface area contributed by atoms with Crippen molar-refractivity contribution in [3.63, 3.8) is 0 Å². The third-order valence-corrected chi connectivity index (χ3v) is 3.15. The molecule has 0 atom stereocenters. The van der Waals surface area contributed by atoms with Crippen molar-refractivity contribution in [2.45, 2.75) is 6.92 Å². The number of carbonyl (C=O) groups excluding carboxylic acids is 1. The number of benzene rings is 2. The second-order valence-corrected chi connectivity index (χ2v) is 4.78. The van der Waals surface area contributed by atoms with Gasteiger partial charge in [0.15, 0.2) is 0 Å². The molecule has 0 N–H and O–H groups in total. The van der Waals surface area contributed by atoms with Crippen molar-refractivity contribution >= 4 is 22.7 Å². The van der Waals surface area contributed by atoms with E-state index in [2.05, 4.69) is 9.97 Å². The molecule has 0 amide bonds. The van der Waals surface area contributed by atoms with Gasteiger partial charge in [-0.1, -0.05) is 12.1 Å². The monoisotopic (exact) mass is 309 g/mol. The van der Waals surface area contributed by atoms with E-state index in [4.69, 9.17) is 4.74 Å². The van der Waals surface area contributed by atoms with E-state index >= 15 is 0 Å². The van der Waals surface area contributed by atoms with Crippen molar-refractivity contribution in [3.8, 4) is 17.0 Å². The lowest BCUT2D eigenvalue weighted by atomic mass is 10.1. The highest BCUT2D eigenvalue weighted by molar-refractivity contribution is 5.81. The van der Waals surface area contributed by atoms with Gasteiger partial charge in [0, 0.05) is 24.6 Å². The van der Waals surface area contributed by atoms with E-state index in [-0.39, 0.29) is 5.69 Å². The van der Waals surface area contributed by atoms with E-state index < -0.39 is 10.9 Å². The molecule has 0 aliphatic carbocycles. The molecule has 0 aliphatic rings. The summed E-state index contributed by atoms with van der Waals surface area (Å²) in [4.78, 5) is 30.2. The summed E-state index contributed by atoms with van der Waals surface area (Å²) >= 11 is 0. The SMILES string of the molecule is CC(=O)Oc1ccccc1-c1cnc2ccc([N+](=O)[O-])cc2n1. The second-order valence-electron chi connectivity index (χ2n) is 4.78. The molecule has 0 saturated carbocycles. The number of nitrogens with zero attached hydrogens (tertiary/aromatic N) is 3. The molecule has 0 aliphatic heterocycles. The summed E-state index contributed by atoms with van der Waals surface area (Å²) in [6.07, 6.45) is 1.54. The lowest BCUT2D eigenvalue weighted by Gasteiger charge is -2.08. The number of rotatable bonds is 3. The Morgan fingerprint density at radius 1 is 1.17 bits per heavy atom. The molecule has 114 valence electrons. The number of esters is 1. The Balaban J connectivity index is 2.13. The predicted molar refractivity (Wildman–Crippen MR) is 82.9 cm³/mol. The zero-order valence-corrected chi connectivity index (χ0v) is 12.1. The summed E-state index contributed by atoms with van der Waals surface area (Å²) in [5, 5.41) is 10.9. The van der Waals surface area contributed by atoms with Crippen LogP contribution in [0.1, 0.15) is 6.92 Å². The minimum absolute atomic E-state index is 0.0581. The van der Waals surface area contributed by atoms with Crippen LogP contribution in [0.2, 0.25) is 0 Å². The molecular formula is C16H11N3O4. The molecule has 0 radical (unpaired) electrons. The Labute approximate surface area is 130 Å². The highest BCUT2D eigenvalue weighted by Crippen LogP contribution is 2.29. The lowest BCUT2D eigenvalue weighted by molar-refractivity contribution is -0.384. The first-order valence-corrected chi connectivity index (χ1v) is 6.73. The number of para-hydroxylation sites is 1. The summed E-state index contributed by atoms with van der Waals surface area (Å²) in [6.45, 7) is 1.31. The van der Waals surface area contributed by atoms with Crippen molar-refractivity contribution in [1.82, 2.24) is 9.97 Å². The van der Waals surface area contributed by atoms with E-state index in [1.807, 2.05) is 0 Å². The van der Waals surface area contributed by atoms with Gasteiger partial charge in [-0.25, -0.2) is 4.98 Å². The Bertz CT molecular complexity index is 924. The number of nitro groups is 1. The van der Waals surface area contributed by atoms with Crippen LogP contribution in [0.3, 0.4) is 0 Å². The molecule has 0 unspecified atom stereocenters. The fraction of sp³-hybridized carbons (Fsp3) is 0.0625. The molecule has 3 rings (SSSR count). The fourth-order valence-electron chi connectivity index (χ4n) is 2.17. The lowest BCUT2D eigenvalue weighted by Crippen LogP contribution is -2.03. The highest BCUT2D eigenvalue weighted by Gasteiger charge is 2.12. The number of ether oxygens (including phenoxy) is 1. The molecule has 7 nitrogen and oxygen atoms in total. The van der Waals surface area contributed by atoms with Gasteiger partial charge in [0.2, 0.25) is 0 Å². The molecule has 0 fully saturated rings. The minimum atomic E-state index is -0.486. The zero-order chi connectivity index (χ0) is 16.4. The standard InChI is InChI=1S/C16H11N3O4/c1-10(20)23-16-5-3-2-4-12(16)15-9-17-13-7-6-11(19(21)22)8-14(13)18-15/h2-9H,1H3. The van der Waals surface area contributed by atoms with E-state index in [1.165, 1.54) is 25.3 Å². The number of fused-ring (bicyclic) bond motifs is 1. The van der Waals surface area contributed by atoms with Crippen LogP contribution in [0.25, 0.3) is 22.3 Å². The molecule has 0 bridgehead atoms. The van der Waals surface area contributed by atoms with Gasteiger partial charge >= 0.3 is 5.97 Å². The van der Waals surface area contributed by atoms with Gasteiger partial charge in [-0.3, -0.25) is 19.9 Å². The second kappa shape index (κ2) is 5.80. The Morgan fingerprint density at radius 3 is 2.70 bits per heavy atom. The first kappa shape index (κ1) is 14.6. The number of aromatic nitrogens is 2. The maximum atomic E-state index is 11.2. The van der Waals surface area contributed by atoms with Gasteiger partial charge < -0.3 is 4.74 Å². The van der Waals surface area contributed by atoms with Crippen molar-refractivity contribution in [1.29, 1.82) is 0 Å². The first-order valence-electron chi connectivity index (χ1n) is 6.73. The number of hydrogen-bond donors (Lipinski definition) is 0. The molecule has 1 aromatic heterocycles. The number of nitro benzene ring substituents is 1. The van der Waals surface area contributed by atoms with Crippen molar-refractivity contribution in [2.24, 2.45) is 0 Å². The Hall–Kier alpha value is -3.35. The maximum absolute atomic E-state index is 11.2. The molecule has 7 heteroatoms. The Morgan fingerprint density at radius 2 is 1.96 bits per heavy atom. The molecule has 1 heterocycles. The molecular weight excluding hydrogens is 298 g/mol. The van der Waals surface area contributed by atoms with Crippen LogP contribution < -0.4 is 4.74 Å². The van der Waals surface area contributed by atoms with Crippen LogP contribution in [0.4, 0.5) is 5.69 Å². The van der Waals surface area contributed by atoms with Crippen molar-refractivity contribution < 1.29 is 14.5 Å². The predicted octanol–water partition coefficient (Wildman–Crippen LogP) is 3.13. The average molecular weight is 309 g/mol. The summed E-state index contributed by atoms with van der Waals surface area (Å²) in [7, 11) is 0. The van der Waals surface area contributed by atoms with Gasteiger partial charge in [0.05, 0.1) is 27.8 Å². The molecule has 3 aromatic rings. The van der Waals surface area contributed by atoms with Crippen LogP contribution in [0, 0.1) is 10.1 Å². The van der Waals surface area contributed by atoms with Crippen molar-refractivity contribution in [3.05, 3.63) is 58.8 Å². The zero-order valence-electron chi connectivity index (χ0n) is 12.1. The normalized spacial score (nSPS) is 10.5. The van der Waals surface area contributed by atoms with Crippen LogP contribution in [0.15, 0.2) is 48.7 Å². The van der Waals surface area contributed by atoms with Gasteiger partial charge in [0.25, 0.3) is 5.69 Å². The summed E-state index contributed by atoms with van der Waals surface area (Å²) in [5.41, 5.74) is 1.94. The van der Waals surface area contributed by atoms with Gasteiger partial charge in [-0.2, -0.15) is 0 Å². The Kier molecular flexibility index (Phi) is 3.68. The largest absolute Gasteiger partial charge is 0.426 e. The first-order chi connectivity index (χ1) is 11.0. The van der Waals surface area contributed by atoms with Gasteiger partial charge in [0.1, 0.15) is 5.75 Å². The fourth-order valence-corrected chi connectivity index (χ4v) is 2.17. The summed E-state index contributed by atoms with van der Waals surface area (Å²) in [6, 6.07) is 11.2. The number of hydrogen-bond acceptors (Lipinski definition) is 6. The quantitative estimate of drug-likeness (QED) is 0.319. The topological polar surface area (TPSA) is 95.2 Å². The highest BCUT2D eigenvalue weighted by atomic mass is 16.6. The van der Waals surface area contributed by atoms with Crippen LogP contribution in [0.5, 0.6) is 5.75 Å². The van der Waals surface area contributed by atoms with Crippen LogP contribution in [-0.4, -0.2) is 20.9 Å².